The molecule has 3 rings (SSSR count). The molecule has 0 radical (unpaired) electrons. The number of methoxy groups -OCH3 is 1. The fourth-order valence-corrected chi connectivity index (χ4v) is 5.91. The average molecular weight is 430 g/mol. The predicted molar refractivity (Wildman–Crippen MR) is 102 cm³/mol. The SMILES string of the molecule is COCCOC/N=C1\NC2(c3cc([N+](=O)[O-])ccc3F)CCCC2S(=O)(=O)N1C. The lowest BCUT2D eigenvalue weighted by Crippen LogP contribution is -2.65. The van der Waals surface area contributed by atoms with Gasteiger partial charge >= 0.3 is 0 Å². The normalized spacial score (nSPS) is 26.9. The minimum Gasteiger partial charge on any atom is -0.382 e. The van der Waals surface area contributed by atoms with Gasteiger partial charge in [-0.2, -0.15) is 0 Å². The zero-order valence-electron chi connectivity index (χ0n) is 16.1. The number of guanidine groups is 1. The van der Waals surface area contributed by atoms with E-state index in [1.165, 1.54) is 14.2 Å². The molecule has 1 aromatic rings. The topological polar surface area (TPSA) is 123 Å². The van der Waals surface area contributed by atoms with Crippen molar-refractivity contribution in [2.45, 2.75) is 30.1 Å². The quantitative estimate of drug-likeness (QED) is 0.393. The number of nitro benzene ring substituents is 1. The molecule has 2 aliphatic rings. The molecule has 10 nitrogen and oxygen atoms in total. The average Bonchev–Trinajstić information content (AvgIpc) is 3.11. The first-order chi connectivity index (χ1) is 13.7. The van der Waals surface area contributed by atoms with Crippen LogP contribution in [0.5, 0.6) is 0 Å². The molecule has 1 N–H and O–H groups in total. The second kappa shape index (κ2) is 8.20. The van der Waals surface area contributed by atoms with Crippen molar-refractivity contribution in [1.82, 2.24) is 9.62 Å². The third-order valence-electron chi connectivity index (χ3n) is 5.34. The fourth-order valence-electron chi connectivity index (χ4n) is 3.91. The van der Waals surface area contributed by atoms with Gasteiger partial charge in [0.15, 0.2) is 0 Å². The summed E-state index contributed by atoms with van der Waals surface area (Å²) in [7, 11) is -0.982. The van der Waals surface area contributed by atoms with E-state index in [-0.39, 0.29) is 30.5 Å². The Balaban J connectivity index is 2.03. The molecule has 0 amide bonds. The molecule has 1 aromatic carbocycles. The van der Waals surface area contributed by atoms with Crippen LogP contribution in [-0.4, -0.2) is 63.0 Å². The number of aliphatic imine (C=N–C) groups is 1. The molecule has 29 heavy (non-hydrogen) atoms. The van der Waals surface area contributed by atoms with E-state index >= 15 is 0 Å². The summed E-state index contributed by atoms with van der Waals surface area (Å²) >= 11 is 0. The summed E-state index contributed by atoms with van der Waals surface area (Å²) in [5.41, 5.74) is -1.69. The summed E-state index contributed by atoms with van der Waals surface area (Å²) in [6.07, 6.45) is 1.12. The van der Waals surface area contributed by atoms with E-state index in [0.717, 1.165) is 22.5 Å². The van der Waals surface area contributed by atoms with E-state index in [9.17, 15) is 22.9 Å². The molecule has 1 heterocycles. The van der Waals surface area contributed by atoms with Crippen LogP contribution in [0, 0.1) is 15.9 Å². The van der Waals surface area contributed by atoms with Gasteiger partial charge in [-0.3, -0.25) is 10.1 Å². The van der Waals surface area contributed by atoms with E-state index in [1.807, 2.05) is 0 Å². The molecule has 1 aliphatic heterocycles. The molecule has 1 saturated carbocycles. The summed E-state index contributed by atoms with van der Waals surface area (Å²) in [4.78, 5) is 14.7. The maximum atomic E-state index is 14.8. The molecule has 160 valence electrons. The van der Waals surface area contributed by atoms with Crippen LogP contribution in [0.25, 0.3) is 0 Å². The first-order valence-electron chi connectivity index (χ1n) is 9.05. The third kappa shape index (κ3) is 3.79. The molecule has 0 bridgehead atoms. The van der Waals surface area contributed by atoms with Crippen molar-refractivity contribution in [3.05, 3.63) is 39.7 Å². The highest BCUT2D eigenvalue weighted by molar-refractivity contribution is 7.90. The van der Waals surface area contributed by atoms with Gasteiger partial charge in [0.05, 0.1) is 23.7 Å². The van der Waals surface area contributed by atoms with Crippen molar-refractivity contribution >= 4 is 21.7 Å². The number of nitro groups is 1. The lowest BCUT2D eigenvalue weighted by Gasteiger charge is -2.45. The second-order valence-corrected chi connectivity index (χ2v) is 9.07. The molecular formula is C17H23FN4O6S. The second-order valence-electron chi connectivity index (χ2n) is 6.92. The Morgan fingerprint density at radius 3 is 2.90 bits per heavy atom. The van der Waals surface area contributed by atoms with E-state index < -0.39 is 31.6 Å². The number of rotatable bonds is 7. The number of halogens is 1. The van der Waals surface area contributed by atoms with Crippen molar-refractivity contribution in [2.75, 3.05) is 34.1 Å². The van der Waals surface area contributed by atoms with Crippen LogP contribution >= 0.6 is 0 Å². The van der Waals surface area contributed by atoms with Gasteiger partial charge in [0, 0.05) is 31.9 Å². The van der Waals surface area contributed by atoms with Crippen LogP contribution in [0.4, 0.5) is 10.1 Å². The van der Waals surface area contributed by atoms with Gasteiger partial charge in [0.25, 0.3) is 5.69 Å². The number of nitrogens with zero attached hydrogens (tertiary/aromatic N) is 3. The maximum Gasteiger partial charge on any atom is 0.269 e. The molecular weight excluding hydrogens is 407 g/mol. The Hall–Kier alpha value is -2.31. The van der Waals surface area contributed by atoms with E-state index in [1.54, 1.807) is 0 Å². The highest BCUT2D eigenvalue weighted by Crippen LogP contribution is 2.47. The minimum atomic E-state index is -3.87. The van der Waals surface area contributed by atoms with E-state index in [4.69, 9.17) is 9.47 Å². The smallest absolute Gasteiger partial charge is 0.269 e. The summed E-state index contributed by atoms with van der Waals surface area (Å²) in [6, 6.07) is 3.16. The molecule has 12 heteroatoms. The number of non-ortho nitro benzene ring substituents is 1. The molecule has 0 spiro atoms. The van der Waals surface area contributed by atoms with Crippen LogP contribution in [0.3, 0.4) is 0 Å². The number of hydrogen-bond acceptors (Lipinski definition) is 7. The van der Waals surface area contributed by atoms with Crippen LogP contribution in [-0.2, 0) is 25.0 Å². The highest BCUT2D eigenvalue weighted by atomic mass is 32.2. The Labute approximate surface area is 167 Å². The molecule has 0 aromatic heterocycles. The monoisotopic (exact) mass is 430 g/mol. The summed E-state index contributed by atoms with van der Waals surface area (Å²) < 4.78 is 52.2. The predicted octanol–water partition coefficient (Wildman–Crippen LogP) is 1.32. The van der Waals surface area contributed by atoms with Gasteiger partial charge in [-0.1, -0.05) is 0 Å². The zero-order valence-corrected chi connectivity index (χ0v) is 16.9. The van der Waals surface area contributed by atoms with Gasteiger partial charge in [0.2, 0.25) is 16.0 Å². The number of benzene rings is 1. The molecule has 1 aliphatic carbocycles. The molecule has 2 fully saturated rings. The van der Waals surface area contributed by atoms with Crippen molar-refractivity contribution in [1.29, 1.82) is 0 Å². The number of ether oxygens (including phenoxy) is 2. The maximum absolute atomic E-state index is 14.8. The van der Waals surface area contributed by atoms with Crippen LogP contribution < -0.4 is 5.32 Å². The third-order valence-corrected chi connectivity index (χ3v) is 7.63. The van der Waals surface area contributed by atoms with Gasteiger partial charge in [-0.15, -0.1) is 0 Å². The Morgan fingerprint density at radius 1 is 1.45 bits per heavy atom. The van der Waals surface area contributed by atoms with Crippen molar-refractivity contribution < 1.29 is 27.2 Å². The summed E-state index contributed by atoms with van der Waals surface area (Å²) in [6.45, 7) is 0.512. The molecule has 2 unspecified atom stereocenters. The number of nitrogens with one attached hydrogen (secondary N) is 1. The molecule has 1 saturated heterocycles. The Morgan fingerprint density at radius 2 is 2.21 bits per heavy atom. The van der Waals surface area contributed by atoms with Crippen LogP contribution in [0.1, 0.15) is 24.8 Å². The van der Waals surface area contributed by atoms with Crippen molar-refractivity contribution in [2.24, 2.45) is 4.99 Å². The summed E-state index contributed by atoms with van der Waals surface area (Å²) in [5, 5.41) is 13.3. The fraction of sp³-hybridized carbons (Fsp3) is 0.588. The number of fused-ring (bicyclic) bond motifs is 1. The largest absolute Gasteiger partial charge is 0.382 e. The zero-order chi connectivity index (χ0) is 21.2. The van der Waals surface area contributed by atoms with Gasteiger partial charge < -0.3 is 14.8 Å². The van der Waals surface area contributed by atoms with Gasteiger partial charge in [0.1, 0.15) is 17.8 Å². The highest BCUT2D eigenvalue weighted by Gasteiger charge is 2.58. The van der Waals surface area contributed by atoms with Gasteiger partial charge in [-0.05, 0) is 25.3 Å². The lowest BCUT2D eigenvalue weighted by atomic mass is 9.87. The van der Waals surface area contributed by atoms with Crippen molar-refractivity contribution in [3.63, 3.8) is 0 Å². The molecule has 2 atom stereocenters. The van der Waals surface area contributed by atoms with Crippen molar-refractivity contribution in [3.8, 4) is 0 Å². The van der Waals surface area contributed by atoms with Crippen LogP contribution in [0.15, 0.2) is 23.2 Å². The van der Waals surface area contributed by atoms with E-state index in [0.29, 0.717) is 25.9 Å². The lowest BCUT2D eigenvalue weighted by molar-refractivity contribution is -0.385. The Kier molecular flexibility index (Phi) is 6.05. The number of sulfonamides is 1. The van der Waals surface area contributed by atoms with Crippen LogP contribution in [0.2, 0.25) is 0 Å². The standard InChI is InChI=1S/C17H23FN4O6S/c1-21-16(19-11-28-9-8-27-2)20-17(7-3-4-15(17)29(21,25)26)13-10-12(22(23)24)5-6-14(13)18/h5-6,10,15H,3-4,7-9,11H2,1-2H3,(H,19,20). The van der Waals surface area contributed by atoms with E-state index in [2.05, 4.69) is 10.3 Å². The first kappa shape index (κ1) is 21.4. The summed E-state index contributed by atoms with van der Waals surface area (Å²) in [5.74, 6) is -0.697. The number of hydrogen-bond donors (Lipinski definition) is 1. The Bertz CT molecular complexity index is 924. The minimum absolute atomic E-state index is 0.00599. The first-order valence-corrected chi connectivity index (χ1v) is 10.6. The van der Waals surface area contributed by atoms with Gasteiger partial charge in [-0.25, -0.2) is 22.1 Å².